The molecule has 6 nitrogen and oxygen atoms in total. The molecule has 0 radical (unpaired) electrons. The molecule has 106 valence electrons. The lowest BCUT2D eigenvalue weighted by atomic mass is 9.89. The maximum absolute atomic E-state index is 5.41. The van der Waals surface area contributed by atoms with E-state index in [1.165, 1.54) is 22.2 Å². The first-order valence-electron chi connectivity index (χ1n) is 6.97. The van der Waals surface area contributed by atoms with Crippen molar-refractivity contribution >= 4 is 45.2 Å². The summed E-state index contributed by atoms with van der Waals surface area (Å²) in [5.41, 5.74) is 2.31. The Bertz CT molecular complexity index is 1070. The Kier molecular flexibility index (Phi) is 2.19. The quantitative estimate of drug-likeness (QED) is 0.507. The fourth-order valence-electron chi connectivity index (χ4n) is 3.30. The van der Waals surface area contributed by atoms with Crippen molar-refractivity contribution in [1.29, 1.82) is 0 Å². The first kappa shape index (κ1) is 11.8. The van der Waals surface area contributed by atoms with Gasteiger partial charge in [0.2, 0.25) is 4.77 Å². The van der Waals surface area contributed by atoms with Crippen molar-refractivity contribution in [2.45, 2.75) is 26.2 Å². The van der Waals surface area contributed by atoms with E-state index in [2.05, 4.69) is 27.2 Å². The van der Waals surface area contributed by atoms with Crippen LogP contribution in [0.5, 0.6) is 0 Å². The number of H-pyrrole nitrogens is 1. The lowest BCUT2D eigenvalue weighted by molar-refractivity contribution is 0.508. The number of aromatic nitrogens is 6. The van der Waals surface area contributed by atoms with E-state index in [9.17, 15) is 0 Å². The molecular weight excluding hydrogens is 304 g/mol. The summed E-state index contributed by atoms with van der Waals surface area (Å²) in [4.78, 5) is 7.07. The summed E-state index contributed by atoms with van der Waals surface area (Å²) in [7, 11) is 0. The Morgan fingerprint density at radius 3 is 3.29 bits per heavy atom. The standard InChI is InChI=1S/C13H12N6S2/c1-6-2-3-8-7(4-6)9-10-14-5-15-19(10)12-16-17-13(20)18(12)11(9)21-8/h5-6H,2-4H2,1H3,(H,17,20)/t6-/m0/s1. The van der Waals surface area contributed by atoms with Crippen LogP contribution in [0.25, 0.3) is 21.6 Å². The Labute approximate surface area is 128 Å². The summed E-state index contributed by atoms with van der Waals surface area (Å²) in [5.74, 6) is 1.41. The van der Waals surface area contributed by atoms with Crippen LogP contribution in [-0.4, -0.2) is 29.2 Å². The van der Waals surface area contributed by atoms with Crippen molar-refractivity contribution in [1.82, 2.24) is 29.2 Å². The van der Waals surface area contributed by atoms with Gasteiger partial charge in [0.15, 0.2) is 5.65 Å². The molecule has 0 aliphatic heterocycles. The van der Waals surface area contributed by atoms with Gasteiger partial charge >= 0.3 is 0 Å². The lowest BCUT2D eigenvalue weighted by Crippen LogP contribution is -2.09. The third kappa shape index (κ3) is 1.41. The van der Waals surface area contributed by atoms with E-state index in [1.807, 2.05) is 15.7 Å². The van der Waals surface area contributed by atoms with Crippen LogP contribution in [-0.2, 0) is 12.8 Å². The zero-order chi connectivity index (χ0) is 14.1. The normalized spacial score (nSPS) is 18.8. The van der Waals surface area contributed by atoms with Crippen LogP contribution in [0.3, 0.4) is 0 Å². The number of rotatable bonds is 0. The SMILES string of the molecule is C[C@H]1CCc2sc3c(c2C1)c1ncnn1c1n[nH]c(=S)n31. The molecule has 8 heteroatoms. The van der Waals surface area contributed by atoms with Crippen LogP contribution < -0.4 is 0 Å². The number of aromatic amines is 1. The highest BCUT2D eigenvalue weighted by atomic mass is 32.1. The van der Waals surface area contributed by atoms with Crippen molar-refractivity contribution in [3.63, 3.8) is 0 Å². The van der Waals surface area contributed by atoms with E-state index in [0.717, 1.165) is 23.3 Å². The summed E-state index contributed by atoms with van der Waals surface area (Å²) < 4.78 is 4.38. The molecular formula is C13H12N6S2. The number of thiophene rings is 1. The number of nitrogens with one attached hydrogen (secondary N) is 1. The van der Waals surface area contributed by atoms with Gasteiger partial charge in [-0.3, -0.25) is 0 Å². The Hall–Kier alpha value is -1.80. The van der Waals surface area contributed by atoms with Gasteiger partial charge in [0.25, 0.3) is 5.78 Å². The van der Waals surface area contributed by atoms with Crippen LogP contribution in [0.4, 0.5) is 0 Å². The van der Waals surface area contributed by atoms with Gasteiger partial charge < -0.3 is 0 Å². The van der Waals surface area contributed by atoms with Crippen molar-refractivity contribution < 1.29 is 0 Å². The summed E-state index contributed by atoms with van der Waals surface area (Å²) in [6.07, 6.45) is 5.09. The van der Waals surface area contributed by atoms with Crippen molar-refractivity contribution in [2.75, 3.05) is 0 Å². The fraction of sp³-hybridized carbons (Fsp3) is 0.385. The largest absolute Gasteiger partial charge is 0.257 e. The lowest BCUT2D eigenvalue weighted by Gasteiger charge is -2.17. The Morgan fingerprint density at radius 2 is 2.38 bits per heavy atom. The minimum Gasteiger partial charge on any atom is -0.249 e. The molecule has 21 heavy (non-hydrogen) atoms. The number of fused-ring (bicyclic) bond motifs is 8. The van der Waals surface area contributed by atoms with Crippen molar-refractivity contribution in [3.8, 4) is 0 Å². The van der Waals surface area contributed by atoms with E-state index in [0.29, 0.717) is 16.5 Å². The predicted octanol–water partition coefficient (Wildman–Crippen LogP) is 2.77. The van der Waals surface area contributed by atoms with E-state index in [4.69, 9.17) is 12.2 Å². The molecule has 4 aromatic rings. The molecule has 5 rings (SSSR count). The smallest absolute Gasteiger partial charge is 0.249 e. The van der Waals surface area contributed by atoms with Gasteiger partial charge in [-0.05, 0) is 43.0 Å². The highest BCUT2D eigenvalue weighted by Crippen LogP contribution is 2.39. The highest BCUT2D eigenvalue weighted by Gasteiger charge is 2.25. The zero-order valence-electron chi connectivity index (χ0n) is 11.3. The summed E-state index contributed by atoms with van der Waals surface area (Å²) in [6.45, 7) is 2.31. The fourth-order valence-corrected chi connectivity index (χ4v) is 4.92. The summed E-state index contributed by atoms with van der Waals surface area (Å²) in [6, 6.07) is 0. The average Bonchev–Trinajstić information content (AvgIpc) is 3.13. The van der Waals surface area contributed by atoms with Gasteiger partial charge in [0.05, 0.1) is 5.39 Å². The molecule has 4 heterocycles. The zero-order valence-corrected chi connectivity index (χ0v) is 13.0. The topological polar surface area (TPSA) is 63.3 Å². The van der Waals surface area contributed by atoms with Gasteiger partial charge in [-0.1, -0.05) is 6.92 Å². The first-order chi connectivity index (χ1) is 10.2. The maximum atomic E-state index is 5.41. The maximum Gasteiger partial charge on any atom is 0.257 e. The minimum absolute atomic E-state index is 0.610. The molecule has 0 saturated carbocycles. The number of nitrogens with zero attached hydrogens (tertiary/aromatic N) is 5. The second kappa shape index (κ2) is 3.89. The third-order valence-corrected chi connectivity index (χ3v) is 5.86. The van der Waals surface area contributed by atoms with Gasteiger partial charge in [-0.25, -0.2) is 14.5 Å². The van der Waals surface area contributed by atoms with Gasteiger partial charge in [0.1, 0.15) is 11.2 Å². The van der Waals surface area contributed by atoms with E-state index in [1.54, 1.807) is 10.8 Å². The first-order valence-corrected chi connectivity index (χ1v) is 8.19. The van der Waals surface area contributed by atoms with Crippen LogP contribution in [0.1, 0.15) is 23.8 Å². The summed E-state index contributed by atoms with van der Waals surface area (Å²) >= 11 is 7.23. The van der Waals surface area contributed by atoms with E-state index >= 15 is 0 Å². The molecule has 0 saturated heterocycles. The van der Waals surface area contributed by atoms with Crippen LogP contribution >= 0.6 is 23.6 Å². The van der Waals surface area contributed by atoms with Crippen LogP contribution in [0.2, 0.25) is 0 Å². The third-order valence-electron chi connectivity index (χ3n) is 4.31. The van der Waals surface area contributed by atoms with Gasteiger partial charge in [-0.15, -0.1) is 16.4 Å². The van der Waals surface area contributed by atoms with Crippen molar-refractivity contribution in [3.05, 3.63) is 21.5 Å². The summed E-state index contributed by atoms with van der Waals surface area (Å²) in [5, 5.41) is 12.7. The molecule has 0 unspecified atom stereocenters. The van der Waals surface area contributed by atoms with Crippen molar-refractivity contribution in [2.24, 2.45) is 5.92 Å². The van der Waals surface area contributed by atoms with E-state index in [-0.39, 0.29) is 0 Å². The average molecular weight is 316 g/mol. The Balaban J connectivity index is 2.10. The molecule has 0 spiro atoms. The molecule has 1 aliphatic carbocycles. The Morgan fingerprint density at radius 1 is 1.48 bits per heavy atom. The molecule has 4 aromatic heterocycles. The molecule has 1 aliphatic rings. The molecule has 0 aromatic carbocycles. The van der Waals surface area contributed by atoms with Gasteiger partial charge in [-0.2, -0.15) is 9.61 Å². The minimum atomic E-state index is 0.610. The van der Waals surface area contributed by atoms with E-state index < -0.39 is 0 Å². The number of aryl methyl sites for hydroxylation is 1. The molecule has 0 bridgehead atoms. The second-order valence-electron chi connectivity index (χ2n) is 5.69. The predicted molar refractivity (Wildman–Crippen MR) is 83.5 cm³/mol. The molecule has 0 amide bonds. The number of hydrogen-bond donors (Lipinski definition) is 1. The van der Waals surface area contributed by atoms with Gasteiger partial charge in [0, 0.05) is 4.88 Å². The molecule has 1 N–H and O–H groups in total. The van der Waals surface area contributed by atoms with Crippen LogP contribution in [0, 0.1) is 10.7 Å². The molecule has 1 atom stereocenters. The van der Waals surface area contributed by atoms with Crippen LogP contribution in [0.15, 0.2) is 6.33 Å². The highest BCUT2D eigenvalue weighted by molar-refractivity contribution is 7.71. The molecule has 0 fully saturated rings. The number of hydrogen-bond acceptors (Lipinski definition) is 5. The second-order valence-corrected chi connectivity index (χ2v) is 7.16. The monoisotopic (exact) mass is 316 g/mol.